The van der Waals surface area contributed by atoms with Gasteiger partial charge in [0.05, 0.1) is 6.26 Å². The molecule has 0 spiro atoms. The topological polar surface area (TPSA) is 69.7 Å². The largest absolute Gasteiger partial charge is 0.455 e. The molecule has 0 aliphatic carbocycles. The van der Waals surface area contributed by atoms with Gasteiger partial charge in [0, 0.05) is 6.92 Å². The summed E-state index contributed by atoms with van der Waals surface area (Å²) in [6.07, 6.45) is 1.59. The van der Waals surface area contributed by atoms with Crippen LogP contribution in [0.15, 0.2) is 24.3 Å². The van der Waals surface area contributed by atoms with Crippen LogP contribution < -0.4 is 4.18 Å². The van der Waals surface area contributed by atoms with Gasteiger partial charge in [-0.25, -0.2) is 0 Å². The lowest BCUT2D eigenvalue weighted by atomic mass is 9.93. The molecule has 5 nitrogen and oxygen atoms in total. The van der Waals surface area contributed by atoms with E-state index in [2.05, 4.69) is 0 Å². The maximum absolute atomic E-state index is 11.1. The smallest absolute Gasteiger partial charge is 0.306 e. The lowest BCUT2D eigenvalue weighted by Crippen LogP contribution is -2.27. The van der Waals surface area contributed by atoms with Gasteiger partial charge in [-0.3, -0.25) is 4.79 Å². The Morgan fingerprint density at radius 1 is 1.26 bits per heavy atom. The van der Waals surface area contributed by atoms with Crippen molar-refractivity contribution in [3.05, 3.63) is 29.8 Å². The van der Waals surface area contributed by atoms with Crippen LogP contribution in [0, 0.1) is 0 Å². The van der Waals surface area contributed by atoms with Crippen molar-refractivity contribution in [3.8, 4) is 5.75 Å². The van der Waals surface area contributed by atoms with Gasteiger partial charge >= 0.3 is 16.1 Å². The lowest BCUT2D eigenvalue weighted by Gasteiger charge is -2.28. The summed E-state index contributed by atoms with van der Waals surface area (Å²) < 4.78 is 32.0. The van der Waals surface area contributed by atoms with Gasteiger partial charge in [-0.1, -0.05) is 19.1 Å². The van der Waals surface area contributed by atoms with Crippen LogP contribution in [0.25, 0.3) is 0 Å². The van der Waals surface area contributed by atoms with Crippen LogP contribution >= 0.6 is 0 Å². The Morgan fingerprint density at radius 2 is 1.79 bits per heavy atom. The van der Waals surface area contributed by atoms with Crippen molar-refractivity contribution in [1.29, 1.82) is 0 Å². The maximum Gasteiger partial charge on any atom is 0.306 e. The third-order valence-corrected chi connectivity index (χ3v) is 3.25. The first-order chi connectivity index (χ1) is 8.66. The van der Waals surface area contributed by atoms with Crippen molar-refractivity contribution >= 4 is 16.1 Å². The van der Waals surface area contributed by atoms with Crippen LogP contribution in [0.2, 0.25) is 0 Å². The molecular weight excluding hydrogens is 268 g/mol. The minimum Gasteiger partial charge on any atom is -0.455 e. The zero-order chi connectivity index (χ0) is 14.7. The van der Waals surface area contributed by atoms with E-state index in [0.29, 0.717) is 6.42 Å². The summed E-state index contributed by atoms with van der Waals surface area (Å²) in [6, 6.07) is 6.45. The van der Waals surface area contributed by atoms with E-state index >= 15 is 0 Å². The molecule has 1 aromatic carbocycles. The van der Waals surface area contributed by atoms with Gasteiger partial charge in [0.2, 0.25) is 0 Å². The molecule has 0 amide bonds. The first-order valence-corrected chi connectivity index (χ1v) is 7.67. The summed E-state index contributed by atoms with van der Waals surface area (Å²) in [5, 5.41) is 0. The first-order valence-electron chi connectivity index (χ1n) is 5.86. The predicted octanol–water partition coefficient (Wildman–Crippen LogP) is 2.21. The highest BCUT2D eigenvalue weighted by molar-refractivity contribution is 7.86. The highest BCUT2D eigenvalue weighted by atomic mass is 32.2. The van der Waals surface area contributed by atoms with E-state index in [1.165, 1.54) is 19.1 Å². The second kappa shape index (κ2) is 5.61. The minimum absolute atomic E-state index is 0.229. The Hall–Kier alpha value is -1.56. The molecule has 0 saturated heterocycles. The van der Waals surface area contributed by atoms with Crippen molar-refractivity contribution in [1.82, 2.24) is 0 Å². The van der Waals surface area contributed by atoms with Crippen LogP contribution in [-0.2, 0) is 25.3 Å². The normalized spacial score (nSPS) is 14.5. The first kappa shape index (κ1) is 15.5. The molecule has 0 heterocycles. The third-order valence-electron chi connectivity index (χ3n) is 2.76. The van der Waals surface area contributed by atoms with Gasteiger partial charge in [0.1, 0.15) is 11.4 Å². The number of hydrogen-bond donors (Lipinski definition) is 0. The monoisotopic (exact) mass is 286 g/mol. The van der Waals surface area contributed by atoms with E-state index in [1.54, 1.807) is 19.1 Å². The Balaban J connectivity index is 2.99. The average molecular weight is 286 g/mol. The van der Waals surface area contributed by atoms with Crippen LogP contribution in [-0.4, -0.2) is 20.6 Å². The second-order valence-electron chi connectivity index (χ2n) is 4.49. The minimum atomic E-state index is -3.54. The van der Waals surface area contributed by atoms with E-state index in [-0.39, 0.29) is 11.7 Å². The molecule has 0 aliphatic heterocycles. The van der Waals surface area contributed by atoms with Crippen molar-refractivity contribution in [3.63, 3.8) is 0 Å². The third kappa shape index (κ3) is 4.55. The van der Waals surface area contributed by atoms with Crippen molar-refractivity contribution in [2.45, 2.75) is 32.8 Å². The fourth-order valence-electron chi connectivity index (χ4n) is 1.69. The SMILES string of the molecule is CCC(C)(OC(C)=O)c1ccc(OS(C)(=O)=O)cc1. The Labute approximate surface area is 113 Å². The molecule has 0 bridgehead atoms. The standard InChI is InChI=1S/C13H18O5S/c1-5-13(3,17-10(2)14)11-6-8-12(9-7-11)18-19(4,15)16/h6-9H,5H2,1-4H3. The fourth-order valence-corrected chi connectivity index (χ4v) is 2.15. The summed E-state index contributed by atoms with van der Waals surface area (Å²) >= 11 is 0. The van der Waals surface area contributed by atoms with E-state index in [4.69, 9.17) is 8.92 Å². The number of benzene rings is 1. The second-order valence-corrected chi connectivity index (χ2v) is 6.06. The van der Waals surface area contributed by atoms with Crippen molar-refractivity contribution in [2.75, 3.05) is 6.26 Å². The predicted molar refractivity (Wildman–Crippen MR) is 71.3 cm³/mol. The van der Waals surface area contributed by atoms with E-state index in [0.717, 1.165) is 11.8 Å². The molecule has 106 valence electrons. The highest BCUT2D eigenvalue weighted by Gasteiger charge is 2.27. The molecule has 1 rings (SSSR count). The van der Waals surface area contributed by atoms with Crippen molar-refractivity contribution < 1.29 is 22.1 Å². The van der Waals surface area contributed by atoms with Crippen molar-refractivity contribution in [2.24, 2.45) is 0 Å². The summed E-state index contributed by atoms with van der Waals surface area (Å²) in [4.78, 5) is 11.1. The van der Waals surface area contributed by atoms with Gasteiger partial charge in [0.15, 0.2) is 0 Å². The molecule has 0 saturated carbocycles. The number of rotatable bonds is 5. The molecule has 0 aromatic heterocycles. The molecule has 0 fully saturated rings. The van der Waals surface area contributed by atoms with Gasteiger partial charge in [-0.15, -0.1) is 0 Å². The molecule has 6 heteroatoms. The molecule has 0 aliphatic rings. The van der Waals surface area contributed by atoms with Crippen LogP contribution in [0.1, 0.15) is 32.8 Å². The quantitative estimate of drug-likeness (QED) is 0.613. The molecular formula is C13H18O5S. The number of carbonyl (C=O) groups is 1. The molecule has 1 unspecified atom stereocenters. The summed E-state index contributed by atoms with van der Waals surface area (Å²) in [7, 11) is -3.54. The Bertz CT molecular complexity index is 547. The Kier molecular flexibility index (Phi) is 4.57. The Morgan fingerprint density at radius 3 is 2.16 bits per heavy atom. The van der Waals surface area contributed by atoms with E-state index < -0.39 is 15.7 Å². The number of carbonyl (C=O) groups excluding carboxylic acids is 1. The molecule has 19 heavy (non-hydrogen) atoms. The zero-order valence-electron chi connectivity index (χ0n) is 11.5. The van der Waals surface area contributed by atoms with Gasteiger partial charge < -0.3 is 8.92 Å². The number of ether oxygens (including phenoxy) is 1. The molecule has 0 radical (unpaired) electrons. The molecule has 1 aromatic rings. The molecule has 0 N–H and O–H groups in total. The molecule has 1 atom stereocenters. The van der Waals surface area contributed by atoms with Crippen LogP contribution in [0.4, 0.5) is 0 Å². The lowest BCUT2D eigenvalue weighted by molar-refractivity contribution is -0.156. The van der Waals surface area contributed by atoms with Gasteiger partial charge in [-0.2, -0.15) is 8.42 Å². The summed E-state index contributed by atoms with van der Waals surface area (Å²) in [5.41, 5.74) is 0.0566. The fraction of sp³-hybridized carbons (Fsp3) is 0.462. The summed E-state index contributed by atoms with van der Waals surface area (Å²) in [6.45, 7) is 5.07. The number of hydrogen-bond acceptors (Lipinski definition) is 5. The highest BCUT2D eigenvalue weighted by Crippen LogP contribution is 2.30. The summed E-state index contributed by atoms with van der Waals surface area (Å²) in [5.74, 6) is -0.131. The van der Waals surface area contributed by atoms with Crippen LogP contribution in [0.3, 0.4) is 0 Å². The van der Waals surface area contributed by atoms with E-state index in [1.807, 2.05) is 6.92 Å². The average Bonchev–Trinajstić information content (AvgIpc) is 2.26. The zero-order valence-corrected chi connectivity index (χ0v) is 12.3. The van der Waals surface area contributed by atoms with Crippen LogP contribution in [0.5, 0.6) is 5.75 Å². The maximum atomic E-state index is 11.1. The number of esters is 1. The van der Waals surface area contributed by atoms with Gasteiger partial charge in [-0.05, 0) is 31.0 Å². The van der Waals surface area contributed by atoms with E-state index in [9.17, 15) is 13.2 Å². The van der Waals surface area contributed by atoms with Gasteiger partial charge in [0.25, 0.3) is 0 Å².